The molecule has 2 atom stereocenters. The van der Waals surface area contributed by atoms with E-state index in [0.29, 0.717) is 24.4 Å². The second kappa shape index (κ2) is 8.13. The zero-order valence-electron chi connectivity index (χ0n) is 15.9. The number of hydrogen-bond donors (Lipinski definition) is 1. The zero-order chi connectivity index (χ0) is 19.6. The Hall–Kier alpha value is -2.33. The van der Waals surface area contributed by atoms with Gasteiger partial charge >= 0.3 is 6.03 Å². The molecule has 2 aromatic rings. The quantitative estimate of drug-likeness (QED) is 0.690. The van der Waals surface area contributed by atoms with Crippen molar-refractivity contribution in [2.45, 2.75) is 58.8 Å². The molecule has 0 aromatic carbocycles. The lowest BCUT2D eigenvalue weighted by molar-refractivity contribution is -0.127. The lowest BCUT2D eigenvalue weighted by Crippen LogP contribution is -2.32. The molecule has 3 amide bonds. The molecule has 9 nitrogen and oxygen atoms in total. The highest BCUT2D eigenvalue weighted by Gasteiger charge is 2.38. The third-order valence-electron chi connectivity index (χ3n) is 4.26. The van der Waals surface area contributed by atoms with Crippen LogP contribution in [0.4, 0.5) is 4.79 Å². The molecule has 3 rings (SSSR count). The summed E-state index contributed by atoms with van der Waals surface area (Å²) in [7, 11) is 0. The van der Waals surface area contributed by atoms with E-state index in [0.717, 1.165) is 5.01 Å². The molecule has 1 fully saturated rings. The zero-order valence-corrected chi connectivity index (χ0v) is 16.7. The summed E-state index contributed by atoms with van der Waals surface area (Å²) >= 11 is 1.47. The van der Waals surface area contributed by atoms with Crippen LogP contribution in [0.25, 0.3) is 0 Å². The fraction of sp³-hybridized carbons (Fsp3) is 0.588. The van der Waals surface area contributed by atoms with Gasteiger partial charge in [-0.3, -0.25) is 9.69 Å². The van der Waals surface area contributed by atoms with Gasteiger partial charge in [0.05, 0.1) is 17.9 Å². The molecule has 27 heavy (non-hydrogen) atoms. The van der Waals surface area contributed by atoms with Gasteiger partial charge in [0.1, 0.15) is 17.2 Å². The molecule has 1 saturated heterocycles. The lowest BCUT2D eigenvalue weighted by atomic mass is 10.1. The van der Waals surface area contributed by atoms with Gasteiger partial charge in [-0.05, 0) is 27.7 Å². The van der Waals surface area contributed by atoms with Gasteiger partial charge in [0.2, 0.25) is 0 Å². The van der Waals surface area contributed by atoms with E-state index in [9.17, 15) is 9.59 Å². The minimum atomic E-state index is -0.629. The van der Waals surface area contributed by atoms with Gasteiger partial charge in [-0.15, -0.1) is 16.4 Å². The van der Waals surface area contributed by atoms with Crippen LogP contribution in [0, 0.1) is 0 Å². The minimum Gasteiger partial charge on any atom is -0.372 e. The van der Waals surface area contributed by atoms with Crippen molar-refractivity contribution in [2.75, 3.05) is 6.61 Å². The van der Waals surface area contributed by atoms with E-state index >= 15 is 0 Å². The number of urea groups is 1. The summed E-state index contributed by atoms with van der Waals surface area (Å²) in [5.74, 6) is -0.272. The van der Waals surface area contributed by atoms with E-state index in [2.05, 4.69) is 20.6 Å². The summed E-state index contributed by atoms with van der Waals surface area (Å²) in [5.41, 5.74) is 1.35. The van der Waals surface area contributed by atoms with Crippen molar-refractivity contribution in [2.24, 2.45) is 0 Å². The number of carbonyl (C=O) groups excluding carboxylic acids is 2. The van der Waals surface area contributed by atoms with Crippen molar-refractivity contribution in [3.63, 3.8) is 0 Å². The number of imide groups is 1. The Bertz CT molecular complexity index is 817. The van der Waals surface area contributed by atoms with Crippen molar-refractivity contribution in [1.29, 1.82) is 0 Å². The maximum absolute atomic E-state index is 12.6. The van der Waals surface area contributed by atoms with Gasteiger partial charge in [-0.1, -0.05) is 5.21 Å². The molecule has 2 aromatic heterocycles. The van der Waals surface area contributed by atoms with Gasteiger partial charge in [0.15, 0.2) is 0 Å². The van der Waals surface area contributed by atoms with Crippen LogP contribution in [-0.4, -0.2) is 49.5 Å². The van der Waals surface area contributed by atoms with Crippen molar-refractivity contribution >= 4 is 23.3 Å². The first-order valence-electron chi connectivity index (χ1n) is 8.97. The highest BCUT2D eigenvalue weighted by molar-refractivity contribution is 7.09. The predicted molar refractivity (Wildman–Crippen MR) is 99.1 cm³/mol. The van der Waals surface area contributed by atoms with Crippen molar-refractivity contribution in [3.05, 3.63) is 28.0 Å². The fourth-order valence-corrected chi connectivity index (χ4v) is 3.61. The SMILES string of the molecule is CCO[C@@H](C)c1nc(CN2C(=O)N[C@@H](Cc3cn(C(C)C)nn3)C2=O)cs1. The molecule has 0 spiro atoms. The average molecular weight is 392 g/mol. The fourth-order valence-electron chi connectivity index (χ4n) is 2.80. The molecule has 10 heteroatoms. The van der Waals surface area contributed by atoms with Crippen LogP contribution in [0.15, 0.2) is 11.6 Å². The van der Waals surface area contributed by atoms with E-state index in [4.69, 9.17) is 4.74 Å². The third kappa shape index (κ3) is 4.33. The number of ether oxygens (including phenoxy) is 1. The summed E-state index contributed by atoms with van der Waals surface area (Å²) < 4.78 is 7.26. The number of nitrogens with one attached hydrogen (secondary N) is 1. The Labute approximate surface area is 161 Å². The van der Waals surface area contributed by atoms with Crippen LogP contribution in [0.2, 0.25) is 0 Å². The Morgan fingerprint density at radius 1 is 1.30 bits per heavy atom. The van der Waals surface area contributed by atoms with Gasteiger partial charge in [-0.25, -0.2) is 14.5 Å². The predicted octanol–water partition coefficient (Wildman–Crippen LogP) is 2.08. The average Bonchev–Trinajstić information content (AvgIpc) is 3.32. The second-order valence-electron chi connectivity index (χ2n) is 6.69. The standard InChI is InChI=1S/C17H24N6O3S/c1-5-26-11(4)15-18-13(9-27-15)7-22-16(24)14(19-17(22)25)6-12-8-23(10(2)3)21-20-12/h8-11,14H,5-7H2,1-4H3,(H,19,25)/t11-,14-/m0/s1. The first-order chi connectivity index (χ1) is 12.9. The Morgan fingerprint density at radius 3 is 2.74 bits per heavy atom. The number of carbonyl (C=O) groups is 2. The third-order valence-corrected chi connectivity index (χ3v) is 5.32. The monoisotopic (exact) mass is 392 g/mol. The molecular formula is C17H24N6O3S. The van der Waals surface area contributed by atoms with Crippen molar-refractivity contribution in [1.82, 2.24) is 30.2 Å². The van der Waals surface area contributed by atoms with E-state index < -0.39 is 12.1 Å². The number of amides is 3. The Kier molecular flexibility index (Phi) is 5.85. The smallest absolute Gasteiger partial charge is 0.325 e. The summed E-state index contributed by atoms with van der Waals surface area (Å²) in [6, 6.07) is -0.849. The Morgan fingerprint density at radius 2 is 2.07 bits per heavy atom. The van der Waals surface area contributed by atoms with Crippen molar-refractivity contribution < 1.29 is 14.3 Å². The lowest BCUT2D eigenvalue weighted by Gasteiger charge is -2.11. The minimum absolute atomic E-state index is 0.104. The maximum atomic E-state index is 12.6. The summed E-state index contributed by atoms with van der Waals surface area (Å²) in [6.45, 7) is 8.61. The number of rotatable bonds is 8. The van der Waals surface area contributed by atoms with Crippen LogP contribution in [0.5, 0.6) is 0 Å². The summed E-state index contributed by atoms with van der Waals surface area (Å²) in [5, 5.41) is 13.5. The summed E-state index contributed by atoms with van der Waals surface area (Å²) in [6.07, 6.45) is 2.01. The summed E-state index contributed by atoms with van der Waals surface area (Å²) in [4.78, 5) is 30.6. The first kappa shape index (κ1) is 19.4. The normalized spacial score (nSPS) is 18.4. The molecule has 1 aliphatic heterocycles. The van der Waals surface area contributed by atoms with E-state index in [-0.39, 0.29) is 24.6 Å². The topological polar surface area (TPSA) is 102 Å². The molecule has 0 unspecified atom stereocenters. The molecule has 0 radical (unpaired) electrons. The number of aromatic nitrogens is 4. The van der Waals surface area contributed by atoms with E-state index in [1.54, 1.807) is 10.9 Å². The Balaban J connectivity index is 1.63. The molecule has 0 saturated carbocycles. The van der Waals surface area contributed by atoms with Crippen LogP contribution in [0.3, 0.4) is 0 Å². The van der Waals surface area contributed by atoms with Crippen LogP contribution < -0.4 is 5.32 Å². The second-order valence-corrected chi connectivity index (χ2v) is 7.58. The molecule has 3 heterocycles. The van der Waals surface area contributed by atoms with Gasteiger partial charge < -0.3 is 10.1 Å². The van der Waals surface area contributed by atoms with E-state index in [1.807, 2.05) is 33.1 Å². The molecule has 146 valence electrons. The number of nitrogens with zero attached hydrogens (tertiary/aromatic N) is 5. The van der Waals surface area contributed by atoms with Gasteiger partial charge in [-0.2, -0.15) is 0 Å². The number of hydrogen-bond acceptors (Lipinski definition) is 7. The van der Waals surface area contributed by atoms with Crippen LogP contribution in [0.1, 0.15) is 56.2 Å². The number of thiazole rings is 1. The molecule has 0 aliphatic carbocycles. The van der Waals surface area contributed by atoms with Crippen molar-refractivity contribution in [3.8, 4) is 0 Å². The van der Waals surface area contributed by atoms with Gasteiger partial charge in [0, 0.05) is 30.6 Å². The maximum Gasteiger partial charge on any atom is 0.325 e. The molecule has 0 bridgehead atoms. The first-order valence-corrected chi connectivity index (χ1v) is 9.85. The van der Waals surface area contributed by atoms with Crippen LogP contribution in [-0.2, 0) is 22.5 Å². The molecule has 1 aliphatic rings. The molecule has 1 N–H and O–H groups in total. The van der Waals surface area contributed by atoms with Crippen LogP contribution >= 0.6 is 11.3 Å². The van der Waals surface area contributed by atoms with Gasteiger partial charge in [0.25, 0.3) is 5.91 Å². The highest BCUT2D eigenvalue weighted by atomic mass is 32.1. The van der Waals surface area contributed by atoms with E-state index in [1.165, 1.54) is 16.2 Å². The highest BCUT2D eigenvalue weighted by Crippen LogP contribution is 2.23. The molecular weight excluding hydrogens is 368 g/mol. The largest absolute Gasteiger partial charge is 0.372 e.